The molecule has 1 aliphatic carbocycles. The minimum Gasteiger partial charge on any atom is -0.370 e. The van der Waals surface area contributed by atoms with E-state index < -0.39 is 0 Å². The first-order chi connectivity index (χ1) is 11.3. The van der Waals surface area contributed by atoms with Crippen molar-refractivity contribution in [1.29, 1.82) is 0 Å². The lowest BCUT2D eigenvalue weighted by atomic mass is 9.79. The van der Waals surface area contributed by atoms with Crippen LogP contribution in [-0.4, -0.2) is 17.5 Å². The van der Waals surface area contributed by atoms with Crippen molar-refractivity contribution in [1.82, 2.24) is 4.98 Å². The summed E-state index contributed by atoms with van der Waals surface area (Å²) in [6.45, 7) is 0.799. The van der Waals surface area contributed by atoms with Gasteiger partial charge in [0.1, 0.15) is 5.82 Å². The zero-order valence-corrected chi connectivity index (χ0v) is 16.1. The number of hydrogen-bond donors (Lipinski definition) is 2. The molecule has 0 spiro atoms. The highest BCUT2D eigenvalue weighted by Crippen LogP contribution is 2.35. The molecule has 1 aliphatic rings. The summed E-state index contributed by atoms with van der Waals surface area (Å²) >= 11 is 0. The highest BCUT2D eigenvalue weighted by molar-refractivity contribution is 14.0. The van der Waals surface area contributed by atoms with Gasteiger partial charge in [-0.25, -0.2) is 4.98 Å². The van der Waals surface area contributed by atoms with Crippen LogP contribution >= 0.6 is 24.0 Å². The number of guanidine groups is 1. The molecule has 1 aromatic carbocycles. The monoisotopic (exact) mass is 436 g/mol. The molecule has 5 heteroatoms. The van der Waals surface area contributed by atoms with Gasteiger partial charge in [0, 0.05) is 12.7 Å². The van der Waals surface area contributed by atoms with Crippen molar-refractivity contribution in [2.24, 2.45) is 16.6 Å². The van der Waals surface area contributed by atoms with Crippen LogP contribution in [0.4, 0.5) is 5.82 Å². The molecule has 0 bridgehead atoms. The van der Waals surface area contributed by atoms with Crippen LogP contribution in [0.1, 0.15) is 37.2 Å². The Kier molecular flexibility index (Phi) is 7.49. The van der Waals surface area contributed by atoms with Gasteiger partial charge >= 0.3 is 0 Å². The number of aliphatic imine (C=N–C) groups is 1. The van der Waals surface area contributed by atoms with Crippen molar-refractivity contribution >= 4 is 35.8 Å². The standard InChI is InChI=1S/C19H24N4.HI/c20-19(23-18-8-4-5-13-21-18)22-14-15-9-11-17(12-10-15)16-6-2-1-3-7-16;/h1-8,13,15,17H,9-12,14H2,(H3,20,21,22,23);1H. The van der Waals surface area contributed by atoms with Gasteiger partial charge in [-0.2, -0.15) is 0 Å². The second-order valence-corrected chi connectivity index (χ2v) is 6.19. The summed E-state index contributed by atoms with van der Waals surface area (Å²) in [5.74, 6) is 2.54. The molecule has 1 saturated carbocycles. The van der Waals surface area contributed by atoms with Gasteiger partial charge in [0.2, 0.25) is 0 Å². The molecule has 1 heterocycles. The molecule has 4 nitrogen and oxygen atoms in total. The van der Waals surface area contributed by atoms with E-state index in [2.05, 4.69) is 45.6 Å². The molecule has 0 aliphatic heterocycles. The average molecular weight is 436 g/mol. The van der Waals surface area contributed by atoms with Crippen LogP contribution < -0.4 is 11.1 Å². The Hall–Kier alpha value is -1.63. The highest BCUT2D eigenvalue weighted by atomic mass is 127. The number of rotatable bonds is 4. The summed E-state index contributed by atoms with van der Waals surface area (Å²) in [6, 6.07) is 16.5. The number of aromatic nitrogens is 1. The zero-order valence-electron chi connectivity index (χ0n) is 13.8. The lowest BCUT2D eigenvalue weighted by molar-refractivity contribution is 0.333. The van der Waals surface area contributed by atoms with Crippen molar-refractivity contribution in [3.05, 3.63) is 60.3 Å². The van der Waals surface area contributed by atoms with Crippen LogP contribution in [0.15, 0.2) is 59.7 Å². The van der Waals surface area contributed by atoms with Gasteiger partial charge in [-0.3, -0.25) is 4.99 Å². The lowest BCUT2D eigenvalue weighted by Crippen LogP contribution is -2.25. The van der Waals surface area contributed by atoms with Gasteiger partial charge in [0.15, 0.2) is 5.96 Å². The second kappa shape index (κ2) is 9.61. The molecule has 128 valence electrons. The number of benzene rings is 1. The van der Waals surface area contributed by atoms with Crippen LogP contribution in [0.25, 0.3) is 0 Å². The van der Waals surface area contributed by atoms with Crippen molar-refractivity contribution in [3.8, 4) is 0 Å². The van der Waals surface area contributed by atoms with Crippen LogP contribution in [0.3, 0.4) is 0 Å². The summed E-state index contributed by atoms with van der Waals surface area (Å²) in [4.78, 5) is 8.67. The first-order valence-corrected chi connectivity index (χ1v) is 8.34. The molecule has 0 radical (unpaired) electrons. The minimum absolute atomic E-state index is 0. The van der Waals surface area contributed by atoms with E-state index in [9.17, 15) is 0 Å². The quantitative estimate of drug-likeness (QED) is 0.424. The number of halogens is 1. The Balaban J connectivity index is 0.00000208. The van der Waals surface area contributed by atoms with Gasteiger partial charge in [-0.1, -0.05) is 36.4 Å². The fraction of sp³-hybridized carbons (Fsp3) is 0.368. The maximum Gasteiger partial charge on any atom is 0.194 e. The van der Waals surface area contributed by atoms with E-state index in [0.29, 0.717) is 17.8 Å². The summed E-state index contributed by atoms with van der Waals surface area (Å²) in [5, 5.41) is 3.03. The zero-order chi connectivity index (χ0) is 15.9. The molecule has 1 fully saturated rings. The molecule has 2 aromatic rings. The van der Waals surface area contributed by atoms with Crippen molar-refractivity contribution < 1.29 is 0 Å². The fourth-order valence-corrected chi connectivity index (χ4v) is 3.24. The van der Waals surface area contributed by atoms with E-state index >= 15 is 0 Å². The Morgan fingerprint density at radius 3 is 2.42 bits per heavy atom. The number of nitrogens with two attached hydrogens (primary N) is 1. The Morgan fingerprint density at radius 2 is 1.75 bits per heavy atom. The summed E-state index contributed by atoms with van der Waals surface area (Å²) in [5.41, 5.74) is 7.42. The summed E-state index contributed by atoms with van der Waals surface area (Å²) in [6.07, 6.45) is 6.68. The Morgan fingerprint density at radius 1 is 1.04 bits per heavy atom. The van der Waals surface area contributed by atoms with E-state index in [1.165, 1.54) is 31.2 Å². The lowest BCUT2D eigenvalue weighted by Gasteiger charge is -2.28. The molecular weight excluding hydrogens is 411 g/mol. The molecule has 24 heavy (non-hydrogen) atoms. The van der Waals surface area contributed by atoms with Crippen LogP contribution in [0.5, 0.6) is 0 Å². The number of nitrogens with one attached hydrogen (secondary N) is 1. The number of pyridine rings is 1. The normalized spacial score (nSPS) is 20.9. The van der Waals surface area contributed by atoms with E-state index in [1.54, 1.807) is 6.20 Å². The average Bonchev–Trinajstić information content (AvgIpc) is 2.62. The summed E-state index contributed by atoms with van der Waals surface area (Å²) < 4.78 is 0. The first-order valence-electron chi connectivity index (χ1n) is 8.34. The molecule has 3 rings (SSSR count). The van der Waals surface area contributed by atoms with E-state index in [-0.39, 0.29) is 24.0 Å². The van der Waals surface area contributed by atoms with Gasteiger partial charge in [-0.15, -0.1) is 24.0 Å². The number of anilines is 1. The minimum atomic E-state index is 0. The van der Waals surface area contributed by atoms with Gasteiger partial charge < -0.3 is 11.1 Å². The Labute approximate surface area is 161 Å². The molecule has 0 amide bonds. The third-order valence-electron chi connectivity index (χ3n) is 4.56. The largest absolute Gasteiger partial charge is 0.370 e. The molecule has 3 N–H and O–H groups in total. The third kappa shape index (κ3) is 5.47. The molecule has 1 aromatic heterocycles. The number of hydrogen-bond acceptors (Lipinski definition) is 2. The molecular formula is C19H25IN4. The smallest absolute Gasteiger partial charge is 0.194 e. The first kappa shape index (κ1) is 18.7. The van der Waals surface area contributed by atoms with E-state index in [1.807, 2.05) is 18.2 Å². The topological polar surface area (TPSA) is 63.3 Å². The highest BCUT2D eigenvalue weighted by Gasteiger charge is 2.21. The van der Waals surface area contributed by atoms with E-state index in [4.69, 9.17) is 5.73 Å². The van der Waals surface area contributed by atoms with Crippen LogP contribution in [-0.2, 0) is 0 Å². The molecule has 0 unspecified atom stereocenters. The van der Waals surface area contributed by atoms with Crippen LogP contribution in [0, 0.1) is 5.92 Å². The summed E-state index contributed by atoms with van der Waals surface area (Å²) in [7, 11) is 0. The molecule has 0 saturated heterocycles. The van der Waals surface area contributed by atoms with Gasteiger partial charge in [0.25, 0.3) is 0 Å². The van der Waals surface area contributed by atoms with Gasteiger partial charge in [0.05, 0.1) is 0 Å². The van der Waals surface area contributed by atoms with Gasteiger partial charge in [-0.05, 0) is 55.2 Å². The second-order valence-electron chi connectivity index (χ2n) is 6.19. The van der Waals surface area contributed by atoms with E-state index in [0.717, 1.165) is 12.4 Å². The fourth-order valence-electron chi connectivity index (χ4n) is 3.24. The molecule has 0 atom stereocenters. The van der Waals surface area contributed by atoms with Crippen molar-refractivity contribution in [3.63, 3.8) is 0 Å². The predicted octanol–water partition coefficient (Wildman–Crippen LogP) is 4.40. The maximum atomic E-state index is 5.94. The number of nitrogens with zero attached hydrogens (tertiary/aromatic N) is 2. The van der Waals surface area contributed by atoms with Crippen molar-refractivity contribution in [2.75, 3.05) is 11.9 Å². The maximum absolute atomic E-state index is 5.94. The Bertz CT molecular complexity index is 622. The SMILES string of the molecule is I.NC(=NCC1CCC(c2ccccc2)CC1)Nc1ccccn1. The predicted molar refractivity (Wildman–Crippen MR) is 111 cm³/mol. The van der Waals surface area contributed by atoms with Crippen molar-refractivity contribution in [2.45, 2.75) is 31.6 Å². The third-order valence-corrected chi connectivity index (χ3v) is 4.56. The van der Waals surface area contributed by atoms with Crippen LogP contribution in [0.2, 0.25) is 0 Å².